The molecular formula is C36H44N8O3. The molecule has 2 aromatic heterocycles. The first-order valence-electron chi connectivity index (χ1n) is 16.7. The van der Waals surface area contributed by atoms with Crippen molar-refractivity contribution in [1.82, 2.24) is 24.6 Å². The second kappa shape index (κ2) is 14.3. The summed E-state index contributed by atoms with van der Waals surface area (Å²) >= 11 is 0. The molecule has 0 spiro atoms. The monoisotopic (exact) mass is 636 g/mol. The minimum Gasteiger partial charge on any atom is -0.494 e. The minimum absolute atomic E-state index is 0.0169. The largest absolute Gasteiger partial charge is 0.494 e. The summed E-state index contributed by atoms with van der Waals surface area (Å²) in [6.07, 6.45) is 8.99. The zero-order valence-corrected chi connectivity index (χ0v) is 27.8. The molecule has 2 aliphatic rings. The first kappa shape index (κ1) is 32.2. The van der Waals surface area contributed by atoms with Gasteiger partial charge in [0.05, 0.1) is 24.2 Å². The molecular weight excluding hydrogens is 592 g/mol. The molecule has 2 aromatic carbocycles. The normalized spacial score (nSPS) is 14.2. The maximum Gasteiger partial charge on any atom is 0.276 e. The van der Waals surface area contributed by atoms with Gasteiger partial charge in [0.15, 0.2) is 5.69 Å². The number of carbonyl (C=O) groups is 2. The molecule has 0 saturated carbocycles. The Balaban J connectivity index is 1.19. The molecule has 1 aliphatic heterocycles. The summed E-state index contributed by atoms with van der Waals surface area (Å²) in [6, 6.07) is 11.6. The number of ether oxygens (including phenoxy) is 1. The van der Waals surface area contributed by atoms with Gasteiger partial charge in [0.25, 0.3) is 5.91 Å². The first-order valence-corrected chi connectivity index (χ1v) is 16.7. The smallest absolute Gasteiger partial charge is 0.276 e. The van der Waals surface area contributed by atoms with Crippen LogP contribution in [0, 0.1) is 0 Å². The molecule has 0 radical (unpaired) electrons. The van der Waals surface area contributed by atoms with Crippen LogP contribution in [0.3, 0.4) is 0 Å². The van der Waals surface area contributed by atoms with Crippen molar-refractivity contribution in [3.8, 4) is 17.1 Å². The number of nitrogens with one attached hydrogen (secondary N) is 3. The fourth-order valence-corrected chi connectivity index (χ4v) is 6.63. The summed E-state index contributed by atoms with van der Waals surface area (Å²) in [5.74, 6) is 0.720. The molecule has 246 valence electrons. The Kier molecular flexibility index (Phi) is 9.81. The second-order valence-corrected chi connectivity index (χ2v) is 12.2. The highest BCUT2D eigenvalue weighted by molar-refractivity contribution is 6.06. The van der Waals surface area contributed by atoms with Crippen LogP contribution >= 0.6 is 0 Å². The number of methoxy groups -OCH3 is 1. The van der Waals surface area contributed by atoms with Crippen molar-refractivity contribution in [3.05, 3.63) is 70.5 Å². The molecule has 3 heterocycles. The summed E-state index contributed by atoms with van der Waals surface area (Å²) in [4.78, 5) is 38.1. The lowest BCUT2D eigenvalue weighted by molar-refractivity contribution is -0.116. The molecule has 3 N–H and O–H groups in total. The van der Waals surface area contributed by atoms with Crippen LogP contribution in [0.1, 0.15) is 72.3 Å². The van der Waals surface area contributed by atoms with Gasteiger partial charge < -0.3 is 25.6 Å². The number of likely N-dealkylation sites (tertiary alicyclic amines) is 1. The number of piperidine rings is 1. The van der Waals surface area contributed by atoms with E-state index >= 15 is 0 Å². The number of hydrogen-bond acceptors (Lipinski definition) is 8. The van der Waals surface area contributed by atoms with E-state index in [1.807, 2.05) is 31.4 Å². The summed E-state index contributed by atoms with van der Waals surface area (Å²) in [5, 5.41) is 14.1. The predicted molar refractivity (Wildman–Crippen MR) is 185 cm³/mol. The average Bonchev–Trinajstić information content (AvgIpc) is 3.45. The SMILES string of the molecule is CCc1cccc(CC)c1NC(=O)c1nn(C)c2c1CCc1cnc(Nc3ccc(NC(=O)CCN4CCCCC4)cc3OC)nc1-2. The van der Waals surface area contributed by atoms with Crippen LogP contribution in [-0.4, -0.2) is 63.2 Å². The van der Waals surface area contributed by atoms with Gasteiger partial charge in [-0.3, -0.25) is 14.3 Å². The lowest BCUT2D eigenvalue weighted by atomic mass is 9.93. The molecule has 11 nitrogen and oxygen atoms in total. The molecule has 1 saturated heterocycles. The van der Waals surface area contributed by atoms with Gasteiger partial charge in [0.1, 0.15) is 5.75 Å². The topological polar surface area (TPSA) is 126 Å². The van der Waals surface area contributed by atoms with E-state index in [0.717, 1.165) is 71.8 Å². The number of aromatic nitrogens is 4. The van der Waals surface area contributed by atoms with Crippen molar-refractivity contribution in [1.29, 1.82) is 0 Å². The van der Waals surface area contributed by atoms with Gasteiger partial charge in [-0.1, -0.05) is 38.5 Å². The van der Waals surface area contributed by atoms with Crippen molar-refractivity contribution in [3.63, 3.8) is 0 Å². The van der Waals surface area contributed by atoms with Gasteiger partial charge in [-0.05, 0) is 80.4 Å². The average molecular weight is 637 g/mol. The summed E-state index contributed by atoms with van der Waals surface area (Å²) < 4.78 is 7.40. The Hall–Kier alpha value is -4.77. The number of amides is 2. The third kappa shape index (κ3) is 7.00. The maximum atomic E-state index is 13.7. The molecule has 0 unspecified atom stereocenters. The zero-order chi connectivity index (χ0) is 32.9. The summed E-state index contributed by atoms with van der Waals surface area (Å²) in [6.45, 7) is 7.09. The molecule has 4 aromatic rings. The molecule has 1 aliphatic carbocycles. The van der Waals surface area contributed by atoms with Crippen LogP contribution in [0.15, 0.2) is 42.6 Å². The van der Waals surface area contributed by atoms with Crippen LogP contribution in [0.4, 0.5) is 23.0 Å². The number of hydrogen-bond donors (Lipinski definition) is 3. The number of nitrogens with zero attached hydrogens (tertiary/aromatic N) is 5. The van der Waals surface area contributed by atoms with Crippen molar-refractivity contribution in [2.45, 2.75) is 65.2 Å². The Labute approximate surface area is 276 Å². The van der Waals surface area contributed by atoms with Crippen LogP contribution in [0.2, 0.25) is 0 Å². The Morgan fingerprint density at radius 2 is 1.74 bits per heavy atom. The fourth-order valence-electron chi connectivity index (χ4n) is 6.63. The number of benzene rings is 2. The van der Waals surface area contributed by atoms with Crippen LogP contribution < -0.4 is 20.7 Å². The number of fused-ring (bicyclic) bond motifs is 3. The van der Waals surface area contributed by atoms with E-state index in [-0.39, 0.29) is 11.8 Å². The van der Waals surface area contributed by atoms with Crippen molar-refractivity contribution in [2.75, 3.05) is 42.7 Å². The number of para-hydroxylation sites is 1. The number of aryl methyl sites for hydroxylation is 4. The predicted octanol–water partition coefficient (Wildman–Crippen LogP) is 5.92. The van der Waals surface area contributed by atoms with E-state index < -0.39 is 0 Å². The van der Waals surface area contributed by atoms with Crippen LogP contribution in [-0.2, 0) is 37.5 Å². The standard InChI is InChI=1S/C36H44N8O3/c1-5-23-11-10-12-24(6-2)31(23)40-35(46)33-27-15-13-25-22-37-36(41-32(25)34(27)43(3)42-33)39-28-16-14-26(21-29(28)47-4)38-30(45)17-20-44-18-8-7-9-19-44/h10-12,14,16,21-22H,5-9,13,15,17-20H2,1-4H3,(H,38,45)(H,40,46)(H,37,39,41). The first-order chi connectivity index (χ1) is 22.9. The van der Waals surface area contributed by atoms with E-state index in [2.05, 4.69) is 56.9 Å². The molecule has 1 fully saturated rings. The zero-order valence-electron chi connectivity index (χ0n) is 27.8. The van der Waals surface area contributed by atoms with E-state index in [0.29, 0.717) is 48.0 Å². The lowest BCUT2D eigenvalue weighted by Crippen LogP contribution is -2.32. The van der Waals surface area contributed by atoms with Gasteiger partial charge in [0.2, 0.25) is 11.9 Å². The molecule has 2 amide bonds. The van der Waals surface area contributed by atoms with E-state index in [1.165, 1.54) is 19.3 Å². The molecule has 11 heteroatoms. The van der Waals surface area contributed by atoms with Gasteiger partial charge in [0, 0.05) is 49.2 Å². The highest BCUT2D eigenvalue weighted by atomic mass is 16.5. The quantitative estimate of drug-likeness (QED) is 0.185. The second-order valence-electron chi connectivity index (χ2n) is 12.2. The van der Waals surface area contributed by atoms with Crippen molar-refractivity contribution in [2.24, 2.45) is 7.05 Å². The van der Waals surface area contributed by atoms with Crippen LogP contribution in [0.25, 0.3) is 11.4 Å². The van der Waals surface area contributed by atoms with Gasteiger partial charge in [-0.25, -0.2) is 9.97 Å². The van der Waals surface area contributed by atoms with E-state index in [9.17, 15) is 9.59 Å². The Bertz CT molecular complexity index is 1750. The number of carbonyl (C=O) groups excluding carboxylic acids is 2. The van der Waals surface area contributed by atoms with Gasteiger partial charge in [-0.15, -0.1) is 0 Å². The van der Waals surface area contributed by atoms with Gasteiger partial charge >= 0.3 is 0 Å². The molecule has 47 heavy (non-hydrogen) atoms. The maximum absolute atomic E-state index is 13.7. The van der Waals surface area contributed by atoms with Gasteiger partial charge in [-0.2, -0.15) is 5.10 Å². The fraction of sp³-hybridized carbons (Fsp3) is 0.417. The minimum atomic E-state index is -0.211. The Morgan fingerprint density at radius 3 is 2.47 bits per heavy atom. The van der Waals surface area contributed by atoms with E-state index in [1.54, 1.807) is 17.9 Å². The highest BCUT2D eigenvalue weighted by Crippen LogP contribution is 2.36. The van der Waals surface area contributed by atoms with E-state index in [4.69, 9.17) is 9.72 Å². The summed E-state index contributed by atoms with van der Waals surface area (Å²) in [5.41, 5.74) is 8.29. The third-order valence-electron chi connectivity index (χ3n) is 9.17. The molecule has 6 rings (SSSR count). The third-order valence-corrected chi connectivity index (χ3v) is 9.17. The summed E-state index contributed by atoms with van der Waals surface area (Å²) in [7, 11) is 3.44. The number of anilines is 4. The van der Waals surface area contributed by atoms with Crippen LogP contribution in [0.5, 0.6) is 5.75 Å². The Morgan fingerprint density at radius 1 is 0.979 bits per heavy atom. The number of rotatable bonds is 11. The lowest BCUT2D eigenvalue weighted by Gasteiger charge is -2.25. The van der Waals surface area contributed by atoms with Crippen molar-refractivity contribution >= 4 is 34.8 Å². The van der Waals surface area contributed by atoms with Crippen molar-refractivity contribution < 1.29 is 14.3 Å². The molecule has 0 atom stereocenters. The molecule has 0 bridgehead atoms. The highest BCUT2D eigenvalue weighted by Gasteiger charge is 2.29.